The van der Waals surface area contributed by atoms with Crippen molar-refractivity contribution in [3.63, 3.8) is 0 Å². The average molecular weight is 207 g/mol. The fraction of sp³-hybridized carbons (Fsp3) is 0.222. The Kier molecular flexibility index (Phi) is 4.00. The smallest absolute Gasteiger partial charge is 0.340 e. The highest BCUT2D eigenvalue weighted by Crippen LogP contribution is 2.10. The highest BCUT2D eigenvalue weighted by atomic mass is 16.5. The van der Waals surface area contributed by atoms with Crippen LogP contribution in [0.3, 0.4) is 0 Å². The van der Waals surface area contributed by atoms with E-state index >= 15 is 0 Å². The fourth-order valence-electron chi connectivity index (χ4n) is 0.890. The number of nitrogens with zero attached hydrogens (tertiary/aromatic N) is 3. The number of hydrogen-bond donors (Lipinski definition) is 0. The minimum atomic E-state index is -0.674. The molecule has 0 spiro atoms. The molecule has 0 aliphatic rings. The molecule has 0 saturated heterocycles. The van der Waals surface area contributed by atoms with E-state index in [1.54, 1.807) is 19.1 Å². The van der Waals surface area contributed by atoms with Gasteiger partial charge in [0.05, 0.1) is 12.9 Å². The number of carbonyl (C=O) groups excluding carboxylic acids is 1. The van der Waals surface area contributed by atoms with E-state index in [2.05, 4.69) is 10.0 Å². The molecule has 1 aromatic heterocycles. The molecular formula is C9H9N3O3. The first-order valence-corrected chi connectivity index (χ1v) is 4.25. The SMILES string of the molecule is CCOC(=O)C(=Cc1ccco1)N=[N+]=[N-]. The van der Waals surface area contributed by atoms with E-state index in [-0.39, 0.29) is 12.3 Å². The van der Waals surface area contributed by atoms with Gasteiger partial charge in [-0.2, -0.15) is 0 Å². The topological polar surface area (TPSA) is 88.2 Å². The van der Waals surface area contributed by atoms with Crippen LogP contribution in [0.2, 0.25) is 0 Å². The summed E-state index contributed by atoms with van der Waals surface area (Å²) in [5.74, 6) is -0.253. The van der Waals surface area contributed by atoms with Crippen LogP contribution < -0.4 is 0 Å². The van der Waals surface area contributed by atoms with Crippen molar-refractivity contribution in [1.29, 1.82) is 0 Å². The van der Waals surface area contributed by atoms with Crippen LogP contribution in [-0.4, -0.2) is 12.6 Å². The van der Waals surface area contributed by atoms with Crippen molar-refractivity contribution in [2.75, 3.05) is 6.61 Å². The Bertz CT molecular complexity index is 402. The maximum absolute atomic E-state index is 11.3. The highest BCUT2D eigenvalue weighted by Gasteiger charge is 2.08. The number of ether oxygens (including phenoxy) is 1. The molecule has 0 unspecified atom stereocenters. The fourth-order valence-corrected chi connectivity index (χ4v) is 0.890. The maximum atomic E-state index is 11.3. The Morgan fingerprint density at radius 2 is 2.60 bits per heavy atom. The van der Waals surface area contributed by atoms with Gasteiger partial charge in [-0.05, 0) is 30.7 Å². The molecular weight excluding hydrogens is 198 g/mol. The number of carbonyl (C=O) groups is 1. The molecule has 0 aromatic carbocycles. The van der Waals surface area contributed by atoms with Crippen LogP contribution in [0, 0.1) is 0 Å². The van der Waals surface area contributed by atoms with Gasteiger partial charge < -0.3 is 9.15 Å². The summed E-state index contributed by atoms with van der Waals surface area (Å²) in [5.41, 5.74) is 8.13. The molecule has 0 fully saturated rings. The number of furan rings is 1. The Balaban J connectivity index is 2.92. The van der Waals surface area contributed by atoms with Crippen molar-refractivity contribution in [2.45, 2.75) is 6.92 Å². The molecule has 6 nitrogen and oxygen atoms in total. The minimum absolute atomic E-state index is 0.130. The molecule has 1 heterocycles. The molecule has 0 atom stereocenters. The largest absolute Gasteiger partial charge is 0.465 e. The summed E-state index contributed by atoms with van der Waals surface area (Å²) in [6, 6.07) is 3.29. The first-order chi connectivity index (χ1) is 7.27. The van der Waals surface area contributed by atoms with Gasteiger partial charge in [0.1, 0.15) is 11.5 Å². The van der Waals surface area contributed by atoms with E-state index in [0.717, 1.165) is 0 Å². The molecule has 0 amide bonds. The second kappa shape index (κ2) is 5.51. The first-order valence-electron chi connectivity index (χ1n) is 4.25. The van der Waals surface area contributed by atoms with Crippen LogP contribution in [0.1, 0.15) is 12.7 Å². The molecule has 1 aromatic rings. The summed E-state index contributed by atoms with van der Waals surface area (Å²) in [6.45, 7) is 1.88. The second-order valence-electron chi connectivity index (χ2n) is 2.45. The molecule has 0 bridgehead atoms. The summed E-state index contributed by atoms with van der Waals surface area (Å²) in [6.07, 6.45) is 2.77. The van der Waals surface area contributed by atoms with Gasteiger partial charge in [0.15, 0.2) is 0 Å². The third-order valence-electron chi connectivity index (χ3n) is 1.46. The molecule has 0 aliphatic heterocycles. The molecule has 15 heavy (non-hydrogen) atoms. The van der Waals surface area contributed by atoms with Gasteiger partial charge in [-0.15, -0.1) is 0 Å². The summed E-state index contributed by atoms with van der Waals surface area (Å²) in [4.78, 5) is 13.8. The lowest BCUT2D eigenvalue weighted by atomic mass is 10.3. The predicted molar refractivity (Wildman–Crippen MR) is 52.5 cm³/mol. The van der Waals surface area contributed by atoms with Crippen molar-refractivity contribution < 1.29 is 13.9 Å². The number of rotatable bonds is 4. The maximum Gasteiger partial charge on any atom is 0.340 e. The number of esters is 1. The Hall–Kier alpha value is -2.20. The normalized spacial score (nSPS) is 10.6. The lowest BCUT2D eigenvalue weighted by Crippen LogP contribution is -2.05. The van der Waals surface area contributed by atoms with E-state index in [1.165, 1.54) is 12.3 Å². The summed E-state index contributed by atoms with van der Waals surface area (Å²) in [7, 11) is 0. The quantitative estimate of drug-likeness (QED) is 0.250. The van der Waals surface area contributed by atoms with Crippen molar-refractivity contribution >= 4 is 12.0 Å². The van der Waals surface area contributed by atoms with E-state index in [4.69, 9.17) is 14.7 Å². The monoisotopic (exact) mass is 207 g/mol. The van der Waals surface area contributed by atoms with Gasteiger partial charge in [-0.3, -0.25) is 0 Å². The van der Waals surface area contributed by atoms with Crippen LogP contribution in [0.5, 0.6) is 0 Å². The third-order valence-corrected chi connectivity index (χ3v) is 1.46. The molecule has 0 radical (unpaired) electrons. The van der Waals surface area contributed by atoms with E-state index < -0.39 is 5.97 Å². The summed E-state index contributed by atoms with van der Waals surface area (Å²) in [5, 5.41) is 3.22. The first kappa shape index (κ1) is 10.9. The van der Waals surface area contributed by atoms with Crippen LogP contribution in [0.25, 0.3) is 16.5 Å². The molecule has 78 valence electrons. The van der Waals surface area contributed by atoms with Gasteiger partial charge in [-0.25, -0.2) is 4.79 Å². The van der Waals surface area contributed by atoms with Gasteiger partial charge in [0.25, 0.3) is 0 Å². The van der Waals surface area contributed by atoms with Gasteiger partial charge in [0.2, 0.25) is 0 Å². The van der Waals surface area contributed by atoms with Crippen LogP contribution >= 0.6 is 0 Å². The minimum Gasteiger partial charge on any atom is -0.465 e. The van der Waals surface area contributed by atoms with Crippen molar-refractivity contribution in [2.24, 2.45) is 5.11 Å². The van der Waals surface area contributed by atoms with Gasteiger partial charge in [0, 0.05) is 4.91 Å². The Morgan fingerprint density at radius 3 is 3.13 bits per heavy atom. The van der Waals surface area contributed by atoms with Crippen LogP contribution in [-0.2, 0) is 9.53 Å². The number of azide groups is 1. The van der Waals surface area contributed by atoms with E-state index in [1.807, 2.05) is 0 Å². The van der Waals surface area contributed by atoms with Crippen LogP contribution in [0.15, 0.2) is 33.6 Å². The predicted octanol–water partition coefficient (Wildman–Crippen LogP) is 2.49. The van der Waals surface area contributed by atoms with Crippen molar-refractivity contribution in [3.05, 3.63) is 40.3 Å². The van der Waals surface area contributed by atoms with Crippen molar-refractivity contribution in [3.8, 4) is 0 Å². The Morgan fingerprint density at radius 1 is 1.80 bits per heavy atom. The molecule has 0 aliphatic carbocycles. The van der Waals surface area contributed by atoms with E-state index in [0.29, 0.717) is 5.76 Å². The zero-order chi connectivity index (χ0) is 11.1. The third kappa shape index (κ3) is 3.21. The molecule has 0 N–H and O–H groups in total. The molecule has 1 rings (SSSR count). The average Bonchev–Trinajstić information content (AvgIpc) is 2.70. The second-order valence-corrected chi connectivity index (χ2v) is 2.45. The standard InChI is InChI=1S/C9H9N3O3/c1-2-14-9(13)8(11-12-10)6-7-4-3-5-15-7/h3-6H,2H2,1H3. The molecule has 0 saturated carbocycles. The molecule has 6 heteroatoms. The summed E-state index contributed by atoms with van der Waals surface area (Å²) < 4.78 is 9.66. The summed E-state index contributed by atoms with van der Waals surface area (Å²) >= 11 is 0. The highest BCUT2D eigenvalue weighted by molar-refractivity contribution is 5.92. The van der Waals surface area contributed by atoms with Gasteiger partial charge in [-0.1, -0.05) is 5.11 Å². The van der Waals surface area contributed by atoms with E-state index in [9.17, 15) is 4.79 Å². The number of hydrogen-bond acceptors (Lipinski definition) is 4. The Labute approximate surface area is 85.8 Å². The van der Waals surface area contributed by atoms with Crippen LogP contribution in [0.4, 0.5) is 0 Å². The zero-order valence-corrected chi connectivity index (χ0v) is 8.08. The lowest BCUT2D eigenvalue weighted by Gasteiger charge is -1.99. The zero-order valence-electron chi connectivity index (χ0n) is 8.08. The lowest BCUT2D eigenvalue weighted by molar-refractivity contribution is -0.138. The van der Waals surface area contributed by atoms with Gasteiger partial charge >= 0.3 is 5.97 Å². The van der Waals surface area contributed by atoms with Crippen molar-refractivity contribution in [1.82, 2.24) is 0 Å².